The average Bonchev–Trinajstić information content (AvgIpc) is 2.28. The summed E-state index contributed by atoms with van der Waals surface area (Å²) in [6.45, 7) is 3.97. The van der Waals surface area contributed by atoms with Crippen molar-refractivity contribution in [3.05, 3.63) is 34.6 Å². The Morgan fingerprint density at radius 1 is 1.44 bits per heavy atom. The SMILES string of the molecule is CC(C)[C@@H](N)c1nc2cnccc2c(=O)[nH]1. The third-order valence-electron chi connectivity index (χ3n) is 2.56. The Balaban J connectivity index is 2.63. The fraction of sp³-hybridized carbons (Fsp3) is 0.364. The van der Waals surface area contributed by atoms with Crippen molar-refractivity contribution in [2.24, 2.45) is 11.7 Å². The van der Waals surface area contributed by atoms with E-state index in [-0.39, 0.29) is 17.5 Å². The van der Waals surface area contributed by atoms with Crippen molar-refractivity contribution in [1.29, 1.82) is 0 Å². The molecule has 0 bridgehead atoms. The first-order valence-electron chi connectivity index (χ1n) is 5.19. The Labute approximate surface area is 92.7 Å². The fourth-order valence-corrected chi connectivity index (χ4v) is 1.48. The van der Waals surface area contributed by atoms with Crippen molar-refractivity contribution in [1.82, 2.24) is 15.0 Å². The molecule has 2 rings (SSSR count). The van der Waals surface area contributed by atoms with E-state index < -0.39 is 0 Å². The molecule has 16 heavy (non-hydrogen) atoms. The molecule has 2 aromatic heterocycles. The summed E-state index contributed by atoms with van der Waals surface area (Å²) >= 11 is 0. The number of aromatic amines is 1. The van der Waals surface area contributed by atoms with Crippen molar-refractivity contribution in [2.45, 2.75) is 19.9 Å². The van der Waals surface area contributed by atoms with Crippen molar-refractivity contribution >= 4 is 10.9 Å². The number of fused-ring (bicyclic) bond motifs is 1. The Kier molecular flexibility index (Phi) is 2.70. The molecule has 0 spiro atoms. The number of hydrogen-bond acceptors (Lipinski definition) is 4. The van der Waals surface area contributed by atoms with Crippen LogP contribution in [-0.4, -0.2) is 15.0 Å². The number of hydrogen-bond donors (Lipinski definition) is 2. The van der Waals surface area contributed by atoms with Crippen LogP contribution < -0.4 is 11.3 Å². The van der Waals surface area contributed by atoms with Gasteiger partial charge in [-0.2, -0.15) is 0 Å². The van der Waals surface area contributed by atoms with E-state index in [0.29, 0.717) is 16.7 Å². The van der Waals surface area contributed by atoms with Gasteiger partial charge in [0.05, 0.1) is 23.1 Å². The van der Waals surface area contributed by atoms with Crippen LogP contribution in [0.25, 0.3) is 10.9 Å². The van der Waals surface area contributed by atoms with E-state index in [9.17, 15) is 4.79 Å². The Hall–Kier alpha value is -1.75. The molecule has 0 aromatic carbocycles. The summed E-state index contributed by atoms with van der Waals surface area (Å²) in [4.78, 5) is 22.7. The maximum absolute atomic E-state index is 11.7. The fourth-order valence-electron chi connectivity index (χ4n) is 1.48. The highest BCUT2D eigenvalue weighted by molar-refractivity contribution is 5.75. The summed E-state index contributed by atoms with van der Waals surface area (Å²) in [7, 11) is 0. The first-order chi connectivity index (χ1) is 7.59. The summed E-state index contributed by atoms with van der Waals surface area (Å²) in [6.07, 6.45) is 3.14. The number of pyridine rings is 1. The van der Waals surface area contributed by atoms with Crippen LogP contribution in [0.1, 0.15) is 25.7 Å². The predicted octanol–water partition coefficient (Wildman–Crippen LogP) is 0.974. The molecule has 5 heteroatoms. The average molecular weight is 218 g/mol. The summed E-state index contributed by atoms with van der Waals surface area (Å²) in [6, 6.07) is 1.38. The van der Waals surface area contributed by atoms with Gasteiger partial charge in [0.15, 0.2) is 0 Å². The van der Waals surface area contributed by atoms with Crippen LogP contribution in [0.15, 0.2) is 23.3 Å². The standard InChI is InChI=1S/C11H14N4O/c1-6(2)9(12)10-14-8-5-13-4-3-7(8)11(16)15-10/h3-6,9H,12H2,1-2H3,(H,14,15,16)/t9-/m1/s1. The molecular formula is C11H14N4O. The molecule has 84 valence electrons. The van der Waals surface area contributed by atoms with E-state index >= 15 is 0 Å². The highest BCUT2D eigenvalue weighted by Gasteiger charge is 2.14. The predicted molar refractivity (Wildman–Crippen MR) is 61.9 cm³/mol. The van der Waals surface area contributed by atoms with Crippen molar-refractivity contribution in [3.63, 3.8) is 0 Å². The molecule has 0 aliphatic heterocycles. The molecule has 5 nitrogen and oxygen atoms in total. The molecule has 0 saturated carbocycles. The van der Waals surface area contributed by atoms with Crippen LogP contribution in [0, 0.1) is 5.92 Å². The topological polar surface area (TPSA) is 84.7 Å². The quantitative estimate of drug-likeness (QED) is 0.786. The molecule has 2 aromatic rings. The summed E-state index contributed by atoms with van der Waals surface area (Å²) < 4.78 is 0. The minimum atomic E-state index is -0.266. The highest BCUT2D eigenvalue weighted by atomic mass is 16.1. The second-order valence-corrected chi connectivity index (χ2v) is 4.11. The molecule has 0 fully saturated rings. The molecule has 0 unspecified atom stereocenters. The number of nitrogens with two attached hydrogens (primary N) is 1. The molecule has 3 N–H and O–H groups in total. The van der Waals surface area contributed by atoms with Gasteiger partial charge in [-0.3, -0.25) is 9.78 Å². The number of H-pyrrole nitrogens is 1. The van der Waals surface area contributed by atoms with Gasteiger partial charge in [-0.25, -0.2) is 4.98 Å². The van der Waals surface area contributed by atoms with E-state index in [1.165, 1.54) is 0 Å². The maximum Gasteiger partial charge on any atom is 0.258 e. The van der Waals surface area contributed by atoms with Crippen LogP contribution >= 0.6 is 0 Å². The van der Waals surface area contributed by atoms with Crippen LogP contribution in [0.3, 0.4) is 0 Å². The lowest BCUT2D eigenvalue weighted by atomic mass is 10.0. The van der Waals surface area contributed by atoms with E-state index in [1.807, 2.05) is 13.8 Å². The molecule has 0 aliphatic carbocycles. The molecule has 0 radical (unpaired) electrons. The van der Waals surface area contributed by atoms with Gasteiger partial charge in [-0.05, 0) is 12.0 Å². The first kappa shape index (κ1) is 10.8. The number of rotatable bonds is 2. The number of aromatic nitrogens is 3. The maximum atomic E-state index is 11.7. The largest absolute Gasteiger partial charge is 0.321 e. The van der Waals surface area contributed by atoms with Gasteiger partial charge in [-0.15, -0.1) is 0 Å². The van der Waals surface area contributed by atoms with Gasteiger partial charge >= 0.3 is 0 Å². The van der Waals surface area contributed by atoms with Gasteiger partial charge in [0, 0.05) is 6.20 Å². The van der Waals surface area contributed by atoms with Gasteiger partial charge in [0.25, 0.3) is 5.56 Å². The van der Waals surface area contributed by atoms with Gasteiger partial charge in [0.2, 0.25) is 0 Å². The number of nitrogens with zero attached hydrogens (tertiary/aromatic N) is 2. The lowest BCUT2D eigenvalue weighted by Gasteiger charge is -2.14. The molecule has 2 heterocycles. The van der Waals surface area contributed by atoms with Crippen LogP contribution in [-0.2, 0) is 0 Å². The molecule has 0 aliphatic rings. The molecular weight excluding hydrogens is 204 g/mol. The van der Waals surface area contributed by atoms with E-state index in [1.54, 1.807) is 18.5 Å². The Morgan fingerprint density at radius 2 is 2.19 bits per heavy atom. The Morgan fingerprint density at radius 3 is 2.88 bits per heavy atom. The zero-order valence-electron chi connectivity index (χ0n) is 9.27. The molecule has 0 amide bonds. The van der Waals surface area contributed by atoms with Crippen LogP contribution in [0.4, 0.5) is 0 Å². The van der Waals surface area contributed by atoms with Crippen LogP contribution in [0.5, 0.6) is 0 Å². The van der Waals surface area contributed by atoms with Crippen molar-refractivity contribution in [2.75, 3.05) is 0 Å². The third-order valence-corrected chi connectivity index (χ3v) is 2.56. The van der Waals surface area contributed by atoms with Crippen molar-refractivity contribution < 1.29 is 0 Å². The Bertz CT molecular complexity index is 561. The van der Waals surface area contributed by atoms with Gasteiger partial charge in [-0.1, -0.05) is 13.8 Å². The second-order valence-electron chi connectivity index (χ2n) is 4.11. The minimum absolute atomic E-state index is 0.168. The third kappa shape index (κ3) is 1.81. The smallest absolute Gasteiger partial charge is 0.258 e. The normalized spacial score (nSPS) is 13.2. The van der Waals surface area contributed by atoms with E-state index in [2.05, 4.69) is 15.0 Å². The second kappa shape index (κ2) is 4.02. The minimum Gasteiger partial charge on any atom is -0.321 e. The summed E-state index contributed by atoms with van der Waals surface area (Å²) in [5.41, 5.74) is 6.36. The summed E-state index contributed by atoms with van der Waals surface area (Å²) in [5.74, 6) is 0.734. The monoisotopic (exact) mass is 218 g/mol. The molecule has 1 atom stereocenters. The van der Waals surface area contributed by atoms with E-state index in [0.717, 1.165) is 0 Å². The first-order valence-corrected chi connectivity index (χ1v) is 5.19. The van der Waals surface area contributed by atoms with Crippen molar-refractivity contribution in [3.8, 4) is 0 Å². The van der Waals surface area contributed by atoms with Crippen LogP contribution in [0.2, 0.25) is 0 Å². The van der Waals surface area contributed by atoms with Gasteiger partial charge < -0.3 is 10.7 Å². The highest BCUT2D eigenvalue weighted by Crippen LogP contribution is 2.15. The number of nitrogens with one attached hydrogen (secondary N) is 1. The van der Waals surface area contributed by atoms with Gasteiger partial charge in [0.1, 0.15) is 5.82 Å². The molecule has 0 saturated heterocycles. The van der Waals surface area contributed by atoms with E-state index in [4.69, 9.17) is 5.73 Å². The lowest BCUT2D eigenvalue weighted by molar-refractivity contribution is 0.490. The zero-order chi connectivity index (χ0) is 11.7. The zero-order valence-corrected chi connectivity index (χ0v) is 9.27. The lowest BCUT2D eigenvalue weighted by Crippen LogP contribution is -2.23. The summed E-state index contributed by atoms with van der Waals surface area (Å²) in [5, 5.41) is 0.537.